The summed E-state index contributed by atoms with van der Waals surface area (Å²) in [6.07, 6.45) is -0.842. The number of halogens is 1. The second-order valence-corrected chi connectivity index (χ2v) is 9.68. The van der Waals surface area contributed by atoms with E-state index in [-0.39, 0.29) is 60.8 Å². The number of carboxylic acids is 1. The fourth-order valence-electron chi connectivity index (χ4n) is 4.41. The van der Waals surface area contributed by atoms with Gasteiger partial charge in [-0.25, -0.2) is 9.37 Å². The van der Waals surface area contributed by atoms with Crippen LogP contribution in [0.4, 0.5) is 4.39 Å². The predicted molar refractivity (Wildman–Crippen MR) is 133 cm³/mol. The quantitative estimate of drug-likeness (QED) is 0.269. The zero-order valence-electron chi connectivity index (χ0n) is 21.7. The number of aromatic nitrogens is 2. The third-order valence-corrected chi connectivity index (χ3v) is 6.49. The van der Waals surface area contributed by atoms with E-state index in [1.807, 2.05) is 35.8 Å². The Kier molecular flexibility index (Phi) is 10.6. The molecule has 1 aliphatic carbocycles. The Bertz CT molecular complexity index is 1240. The Morgan fingerprint density at radius 2 is 1.76 bits per heavy atom. The van der Waals surface area contributed by atoms with Crippen molar-refractivity contribution in [2.75, 3.05) is 0 Å². The molecule has 1 saturated carbocycles. The van der Waals surface area contributed by atoms with E-state index in [1.54, 1.807) is 12.1 Å². The smallest absolute Gasteiger partial charge is 0.550 e. The number of rotatable bonds is 12. The average Bonchev–Trinajstić information content (AvgIpc) is 3.62. The molecule has 2 aromatic carbocycles. The van der Waals surface area contributed by atoms with Crippen LogP contribution in [0.5, 0.6) is 0 Å². The standard InChI is InChI=1S/C28H32FN3O5.Na/c1-17-2-4-18(5-3-17)16-30-28(37)25-26(19-6-7-19)32(13-12-22(33)14-23(34)15-24(35)36)27(31-25)20-8-10-21(29)11-9-20;/h2-5,8-11,19,22-23,33-34H,6-7,12-16H2,1H3,(H,30,37)(H,35,36);/q;+1/p-1/t22-,23-;/m1./s1. The number of benzene rings is 2. The Morgan fingerprint density at radius 1 is 1.11 bits per heavy atom. The number of aryl methyl sites for hydroxylation is 1. The van der Waals surface area contributed by atoms with Gasteiger partial charge in [-0.2, -0.15) is 0 Å². The largest absolute Gasteiger partial charge is 1.00 e. The maximum atomic E-state index is 13.6. The maximum Gasteiger partial charge on any atom is 1.00 e. The SMILES string of the molecule is Cc1ccc(CNC(=O)c2nc(-c3ccc(F)cc3)n(CC[C@@H](O)C[C@@H](O)CC(=O)[O-])c2C2CC2)cc1.[Na+]. The minimum atomic E-state index is -1.38. The summed E-state index contributed by atoms with van der Waals surface area (Å²) in [5.41, 5.74) is 3.79. The van der Waals surface area contributed by atoms with Crippen molar-refractivity contribution in [2.45, 2.75) is 70.2 Å². The third kappa shape index (κ3) is 7.97. The van der Waals surface area contributed by atoms with Crippen LogP contribution in [0.25, 0.3) is 11.4 Å². The molecule has 3 aromatic rings. The number of nitrogens with one attached hydrogen (secondary N) is 1. The van der Waals surface area contributed by atoms with E-state index in [0.29, 0.717) is 23.6 Å². The van der Waals surface area contributed by atoms with Crippen LogP contribution in [0, 0.1) is 12.7 Å². The van der Waals surface area contributed by atoms with Crippen LogP contribution in [-0.2, 0) is 17.9 Å². The summed E-state index contributed by atoms with van der Waals surface area (Å²) in [5, 5.41) is 34.0. The number of aliphatic carboxylic acids is 1. The topological polar surface area (TPSA) is 128 Å². The van der Waals surface area contributed by atoms with Gasteiger partial charge < -0.3 is 30.0 Å². The van der Waals surface area contributed by atoms with Crippen LogP contribution in [0.2, 0.25) is 0 Å². The van der Waals surface area contributed by atoms with E-state index in [1.165, 1.54) is 12.1 Å². The van der Waals surface area contributed by atoms with E-state index in [2.05, 4.69) is 10.3 Å². The van der Waals surface area contributed by atoms with Gasteiger partial charge in [0.2, 0.25) is 0 Å². The number of aliphatic hydroxyl groups is 2. The Hall–Kier alpha value is -2.56. The molecule has 0 saturated heterocycles. The van der Waals surface area contributed by atoms with Crippen molar-refractivity contribution in [1.82, 2.24) is 14.9 Å². The molecule has 196 valence electrons. The summed E-state index contributed by atoms with van der Waals surface area (Å²) in [6, 6.07) is 13.7. The maximum absolute atomic E-state index is 13.6. The number of carboxylic acid groups (broad SMARTS) is 1. The number of nitrogens with zero attached hydrogens (tertiary/aromatic N) is 2. The number of hydrogen-bond donors (Lipinski definition) is 3. The Labute approximate surface area is 243 Å². The van der Waals surface area contributed by atoms with Crippen LogP contribution in [0.15, 0.2) is 48.5 Å². The van der Waals surface area contributed by atoms with Gasteiger partial charge in [-0.3, -0.25) is 4.79 Å². The molecule has 1 amide bonds. The van der Waals surface area contributed by atoms with Gasteiger partial charge in [-0.1, -0.05) is 29.8 Å². The molecule has 2 atom stereocenters. The third-order valence-electron chi connectivity index (χ3n) is 6.49. The van der Waals surface area contributed by atoms with E-state index in [4.69, 9.17) is 0 Å². The molecular weight excluding hydrogens is 500 g/mol. The van der Waals surface area contributed by atoms with E-state index < -0.39 is 30.4 Å². The van der Waals surface area contributed by atoms with Crippen LogP contribution in [0.1, 0.15) is 65.3 Å². The van der Waals surface area contributed by atoms with Crippen LogP contribution in [0.3, 0.4) is 0 Å². The van der Waals surface area contributed by atoms with Crippen molar-refractivity contribution < 1.29 is 58.9 Å². The van der Waals surface area contributed by atoms with Gasteiger partial charge in [0.1, 0.15) is 17.3 Å². The normalized spacial score (nSPS) is 14.4. The second-order valence-electron chi connectivity index (χ2n) is 9.68. The summed E-state index contributed by atoms with van der Waals surface area (Å²) in [5.74, 6) is -1.45. The summed E-state index contributed by atoms with van der Waals surface area (Å²) < 4.78 is 15.5. The minimum absolute atomic E-state index is 0. The van der Waals surface area contributed by atoms with Crippen molar-refractivity contribution in [2.24, 2.45) is 0 Å². The van der Waals surface area contributed by atoms with Crippen LogP contribution < -0.4 is 40.0 Å². The molecule has 0 radical (unpaired) electrons. The molecule has 1 aliphatic rings. The minimum Gasteiger partial charge on any atom is -0.550 e. The predicted octanol–water partition coefficient (Wildman–Crippen LogP) is -0.549. The van der Waals surface area contributed by atoms with Gasteiger partial charge in [0, 0.05) is 37.0 Å². The fourth-order valence-corrected chi connectivity index (χ4v) is 4.41. The van der Waals surface area contributed by atoms with Crippen molar-refractivity contribution in [3.63, 3.8) is 0 Å². The number of imidazole rings is 1. The molecular formula is C28H31FN3NaO5. The Balaban J connectivity index is 0.00000400. The van der Waals surface area contributed by atoms with Gasteiger partial charge >= 0.3 is 29.6 Å². The first-order chi connectivity index (χ1) is 17.7. The van der Waals surface area contributed by atoms with Crippen molar-refractivity contribution in [3.05, 3.63) is 76.9 Å². The number of carbonyl (C=O) groups is 2. The first-order valence-electron chi connectivity index (χ1n) is 12.5. The van der Waals surface area contributed by atoms with Gasteiger partial charge in [-0.05, 0) is 62.4 Å². The first kappa shape index (κ1) is 30.0. The van der Waals surface area contributed by atoms with E-state index in [0.717, 1.165) is 29.7 Å². The summed E-state index contributed by atoms with van der Waals surface area (Å²) in [4.78, 5) is 28.7. The molecule has 1 aromatic heterocycles. The number of carbonyl (C=O) groups excluding carboxylic acids is 2. The Morgan fingerprint density at radius 3 is 2.37 bits per heavy atom. The van der Waals surface area contributed by atoms with Crippen molar-refractivity contribution >= 4 is 11.9 Å². The molecule has 10 heteroatoms. The molecule has 0 unspecified atom stereocenters. The zero-order valence-corrected chi connectivity index (χ0v) is 23.7. The monoisotopic (exact) mass is 531 g/mol. The molecule has 0 spiro atoms. The van der Waals surface area contributed by atoms with E-state index >= 15 is 0 Å². The van der Waals surface area contributed by atoms with Crippen molar-refractivity contribution in [1.29, 1.82) is 0 Å². The number of hydrogen-bond acceptors (Lipinski definition) is 6. The van der Waals surface area contributed by atoms with E-state index in [9.17, 15) is 29.3 Å². The molecule has 4 rings (SSSR count). The molecule has 38 heavy (non-hydrogen) atoms. The molecule has 1 fully saturated rings. The van der Waals surface area contributed by atoms with Crippen LogP contribution >= 0.6 is 0 Å². The first-order valence-corrected chi connectivity index (χ1v) is 12.5. The van der Waals surface area contributed by atoms with Crippen molar-refractivity contribution in [3.8, 4) is 11.4 Å². The van der Waals surface area contributed by atoms with Gasteiger partial charge in [-0.15, -0.1) is 0 Å². The van der Waals surface area contributed by atoms with Gasteiger partial charge in [0.05, 0.1) is 17.9 Å². The number of aliphatic hydroxyl groups excluding tert-OH is 2. The molecule has 0 aliphatic heterocycles. The molecule has 1 heterocycles. The average molecular weight is 532 g/mol. The summed E-state index contributed by atoms with van der Waals surface area (Å²) >= 11 is 0. The number of amides is 1. The fraction of sp³-hybridized carbons (Fsp3) is 0.393. The summed E-state index contributed by atoms with van der Waals surface area (Å²) in [6.45, 7) is 2.63. The van der Waals surface area contributed by atoms with Gasteiger partial charge in [0.15, 0.2) is 0 Å². The summed E-state index contributed by atoms with van der Waals surface area (Å²) in [7, 11) is 0. The molecule has 3 N–H and O–H groups in total. The second kappa shape index (κ2) is 13.5. The molecule has 0 bridgehead atoms. The van der Waals surface area contributed by atoms with Gasteiger partial charge in [0.25, 0.3) is 5.91 Å². The van der Waals surface area contributed by atoms with Crippen LogP contribution in [-0.4, -0.2) is 43.8 Å². The molecule has 8 nitrogen and oxygen atoms in total. The zero-order chi connectivity index (χ0) is 26.5.